The number of aromatic nitrogens is 2. The average molecular weight is 320 g/mol. The number of nitrogens with one attached hydrogen (secondary N) is 2. The van der Waals surface area contributed by atoms with Crippen molar-refractivity contribution in [2.75, 3.05) is 13.7 Å². The lowest BCUT2D eigenvalue weighted by Crippen LogP contribution is -2.25. The van der Waals surface area contributed by atoms with Gasteiger partial charge >= 0.3 is 6.09 Å². The lowest BCUT2D eigenvalue weighted by molar-refractivity contribution is 0.170. The molecule has 1 amide bonds. The number of alkyl carbamates (subject to hydrolysis) is 1. The van der Waals surface area contributed by atoms with Crippen molar-refractivity contribution in [2.45, 2.75) is 70.5 Å². The monoisotopic (exact) mass is 320 g/mol. The fourth-order valence-corrected chi connectivity index (χ4v) is 3.41. The van der Waals surface area contributed by atoms with Crippen LogP contribution in [0.1, 0.15) is 62.0 Å². The molecule has 0 bridgehead atoms. The molecule has 0 aliphatic heterocycles. The highest BCUT2D eigenvalue weighted by Crippen LogP contribution is 2.30. The molecule has 1 heterocycles. The van der Waals surface area contributed by atoms with Crippen LogP contribution in [0.5, 0.6) is 0 Å². The molecule has 0 spiro atoms. The highest BCUT2D eigenvalue weighted by atomic mass is 16.5. The van der Waals surface area contributed by atoms with Gasteiger partial charge in [0.25, 0.3) is 0 Å². The van der Waals surface area contributed by atoms with Gasteiger partial charge in [-0.1, -0.05) is 0 Å². The van der Waals surface area contributed by atoms with Gasteiger partial charge in [-0.25, -0.2) is 4.79 Å². The molecule has 128 valence electrons. The SMILES string of the molecule is COC(=O)NCCCn1nc([C@@H](C)NC2CC2)c2c1CCCC2. The fourth-order valence-electron chi connectivity index (χ4n) is 3.41. The summed E-state index contributed by atoms with van der Waals surface area (Å²) in [6.45, 7) is 3.70. The Labute approximate surface area is 138 Å². The second-order valence-electron chi connectivity index (χ2n) is 6.68. The van der Waals surface area contributed by atoms with Gasteiger partial charge in [-0.2, -0.15) is 5.10 Å². The number of hydrogen-bond donors (Lipinski definition) is 2. The van der Waals surface area contributed by atoms with Crippen molar-refractivity contribution in [1.29, 1.82) is 0 Å². The number of hydrogen-bond acceptors (Lipinski definition) is 4. The van der Waals surface area contributed by atoms with Crippen molar-refractivity contribution < 1.29 is 9.53 Å². The van der Waals surface area contributed by atoms with E-state index in [0.717, 1.165) is 25.8 Å². The van der Waals surface area contributed by atoms with Gasteiger partial charge < -0.3 is 15.4 Å². The number of aryl methyl sites for hydroxylation is 1. The minimum Gasteiger partial charge on any atom is -0.453 e. The zero-order valence-corrected chi connectivity index (χ0v) is 14.2. The van der Waals surface area contributed by atoms with E-state index in [1.807, 2.05) is 0 Å². The molecule has 3 rings (SSSR count). The zero-order valence-electron chi connectivity index (χ0n) is 14.2. The standard InChI is InChI=1S/C17H28N4O2/c1-12(19-13-8-9-13)16-14-6-3-4-7-15(14)21(20-16)11-5-10-18-17(22)23-2/h12-13,19H,3-11H2,1-2H3,(H,18,22)/t12-/m1/s1. The van der Waals surface area contributed by atoms with E-state index in [0.29, 0.717) is 18.6 Å². The number of carbonyl (C=O) groups excluding carboxylic acids is 1. The van der Waals surface area contributed by atoms with E-state index in [-0.39, 0.29) is 6.09 Å². The maximum atomic E-state index is 11.1. The van der Waals surface area contributed by atoms with Crippen molar-refractivity contribution in [3.63, 3.8) is 0 Å². The Balaban J connectivity index is 1.64. The van der Waals surface area contributed by atoms with Crippen LogP contribution in [0.3, 0.4) is 0 Å². The summed E-state index contributed by atoms with van der Waals surface area (Å²) in [7, 11) is 1.39. The Morgan fingerprint density at radius 3 is 2.91 bits per heavy atom. The van der Waals surface area contributed by atoms with E-state index in [1.54, 1.807) is 0 Å². The molecule has 2 aliphatic rings. The Hall–Kier alpha value is -1.56. The van der Waals surface area contributed by atoms with Gasteiger partial charge in [0.2, 0.25) is 0 Å². The highest BCUT2D eigenvalue weighted by Gasteiger charge is 2.28. The van der Waals surface area contributed by atoms with Crippen molar-refractivity contribution >= 4 is 6.09 Å². The Bertz CT molecular complexity index is 551. The Morgan fingerprint density at radius 1 is 1.39 bits per heavy atom. The molecule has 1 atom stereocenters. The number of amides is 1. The molecule has 0 aromatic carbocycles. The summed E-state index contributed by atoms with van der Waals surface area (Å²) in [6.07, 6.45) is 7.90. The van der Waals surface area contributed by atoms with Crippen LogP contribution in [-0.2, 0) is 24.1 Å². The molecular weight excluding hydrogens is 292 g/mol. The largest absolute Gasteiger partial charge is 0.453 e. The fraction of sp³-hybridized carbons (Fsp3) is 0.765. The molecule has 1 saturated carbocycles. The Kier molecular flexibility index (Phi) is 5.20. The number of fused-ring (bicyclic) bond motifs is 1. The van der Waals surface area contributed by atoms with Crippen LogP contribution < -0.4 is 10.6 Å². The van der Waals surface area contributed by atoms with Gasteiger partial charge in [0.15, 0.2) is 0 Å². The van der Waals surface area contributed by atoms with Crippen LogP contribution in [0.25, 0.3) is 0 Å². The molecule has 1 aromatic heterocycles. The van der Waals surface area contributed by atoms with E-state index < -0.39 is 0 Å². The van der Waals surface area contributed by atoms with Gasteiger partial charge in [-0.05, 0) is 57.4 Å². The molecule has 1 aromatic rings. The first-order valence-electron chi connectivity index (χ1n) is 8.85. The quantitative estimate of drug-likeness (QED) is 0.757. The number of methoxy groups -OCH3 is 1. The van der Waals surface area contributed by atoms with Gasteiger partial charge in [0, 0.05) is 30.9 Å². The van der Waals surface area contributed by atoms with Crippen LogP contribution in [0.15, 0.2) is 0 Å². The summed E-state index contributed by atoms with van der Waals surface area (Å²) in [6, 6.07) is 1.03. The summed E-state index contributed by atoms with van der Waals surface area (Å²) in [4.78, 5) is 11.1. The molecule has 0 unspecified atom stereocenters. The number of nitrogens with zero attached hydrogens (tertiary/aromatic N) is 2. The first-order valence-corrected chi connectivity index (χ1v) is 8.85. The summed E-state index contributed by atoms with van der Waals surface area (Å²) < 4.78 is 6.77. The molecule has 23 heavy (non-hydrogen) atoms. The van der Waals surface area contributed by atoms with Gasteiger partial charge in [0.1, 0.15) is 0 Å². The van der Waals surface area contributed by atoms with Crippen LogP contribution in [0, 0.1) is 0 Å². The van der Waals surface area contributed by atoms with Crippen LogP contribution >= 0.6 is 0 Å². The molecule has 2 N–H and O–H groups in total. The summed E-state index contributed by atoms with van der Waals surface area (Å²) >= 11 is 0. The maximum absolute atomic E-state index is 11.1. The number of ether oxygens (including phenoxy) is 1. The third-order valence-corrected chi connectivity index (χ3v) is 4.76. The van der Waals surface area contributed by atoms with Crippen LogP contribution in [0.4, 0.5) is 4.79 Å². The van der Waals surface area contributed by atoms with E-state index in [1.165, 1.54) is 49.7 Å². The molecule has 6 nitrogen and oxygen atoms in total. The highest BCUT2D eigenvalue weighted by molar-refractivity contribution is 5.66. The first-order chi connectivity index (χ1) is 11.2. The van der Waals surface area contributed by atoms with Crippen molar-refractivity contribution in [1.82, 2.24) is 20.4 Å². The van der Waals surface area contributed by atoms with E-state index in [4.69, 9.17) is 5.10 Å². The lowest BCUT2D eigenvalue weighted by atomic mass is 9.94. The maximum Gasteiger partial charge on any atom is 0.406 e. The second-order valence-corrected chi connectivity index (χ2v) is 6.68. The van der Waals surface area contributed by atoms with Crippen LogP contribution in [-0.4, -0.2) is 35.6 Å². The summed E-state index contributed by atoms with van der Waals surface area (Å²) in [5.41, 5.74) is 4.12. The normalized spacial score (nSPS) is 18.3. The average Bonchev–Trinajstić information content (AvgIpc) is 3.30. The summed E-state index contributed by atoms with van der Waals surface area (Å²) in [5.74, 6) is 0. The Morgan fingerprint density at radius 2 is 2.17 bits per heavy atom. The molecule has 0 saturated heterocycles. The molecule has 2 aliphatic carbocycles. The predicted molar refractivity (Wildman–Crippen MR) is 88.5 cm³/mol. The number of rotatable bonds is 7. The molecular formula is C17H28N4O2. The predicted octanol–water partition coefficient (Wildman–Crippen LogP) is 2.32. The summed E-state index contributed by atoms with van der Waals surface area (Å²) in [5, 5.41) is 11.3. The van der Waals surface area contributed by atoms with E-state index in [9.17, 15) is 4.79 Å². The third kappa shape index (κ3) is 4.05. The molecule has 1 fully saturated rings. The third-order valence-electron chi connectivity index (χ3n) is 4.76. The number of carbonyl (C=O) groups is 1. The van der Waals surface area contributed by atoms with Crippen LogP contribution in [0.2, 0.25) is 0 Å². The topological polar surface area (TPSA) is 68.2 Å². The van der Waals surface area contributed by atoms with Crippen molar-refractivity contribution in [3.05, 3.63) is 17.0 Å². The smallest absolute Gasteiger partial charge is 0.406 e. The van der Waals surface area contributed by atoms with Crippen molar-refractivity contribution in [3.8, 4) is 0 Å². The van der Waals surface area contributed by atoms with Gasteiger partial charge in [0.05, 0.1) is 12.8 Å². The van der Waals surface area contributed by atoms with Gasteiger partial charge in [-0.15, -0.1) is 0 Å². The lowest BCUT2D eigenvalue weighted by Gasteiger charge is -2.16. The second kappa shape index (κ2) is 7.34. The minimum atomic E-state index is -0.365. The van der Waals surface area contributed by atoms with Crippen molar-refractivity contribution in [2.24, 2.45) is 0 Å². The molecule has 6 heteroatoms. The first kappa shape index (κ1) is 16.3. The van der Waals surface area contributed by atoms with E-state index in [2.05, 4.69) is 27.0 Å². The minimum absolute atomic E-state index is 0.337. The van der Waals surface area contributed by atoms with E-state index >= 15 is 0 Å². The molecule has 0 radical (unpaired) electrons. The van der Waals surface area contributed by atoms with Gasteiger partial charge in [-0.3, -0.25) is 4.68 Å². The zero-order chi connectivity index (χ0) is 16.2.